The molecular weight excluding hydrogens is 256 g/mol. The molecule has 0 bridgehead atoms. The molecule has 20 heavy (non-hydrogen) atoms. The summed E-state index contributed by atoms with van der Waals surface area (Å²) in [5, 5.41) is 16.0. The quantitative estimate of drug-likeness (QED) is 0.901. The van der Waals surface area contributed by atoms with E-state index < -0.39 is 11.1 Å². The Balaban J connectivity index is 2.34. The summed E-state index contributed by atoms with van der Waals surface area (Å²) < 4.78 is 5.06. The second-order valence-corrected chi connectivity index (χ2v) is 5.68. The van der Waals surface area contributed by atoms with Crippen LogP contribution in [0.1, 0.15) is 38.1 Å². The first-order valence-electron chi connectivity index (χ1n) is 6.48. The molecule has 0 saturated carbocycles. The minimum absolute atomic E-state index is 0.331. The molecule has 1 aliphatic rings. The normalized spacial score (nSPS) is 24.5. The Kier molecular flexibility index (Phi) is 3.34. The lowest BCUT2D eigenvalue weighted by atomic mass is 9.79. The molecule has 1 aromatic carbocycles. The Bertz CT molecular complexity index is 559. The van der Waals surface area contributed by atoms with Crippen molar-refractivity contribution in [2.24, 2.45) is 10.5 Å². The van der Waals surface area contributed by atoms with Crippen molar-refractivity contribution < 1.29 is 14.6 Å². The first-order valence-corrected chi connectivity index (χ1v) is 6.48. The average molecular weight is 276 g/mol. The molecule has 1 N–H and O–H groups in total. The van der Waals surface area contributed by atoms with Crippen LogP contribution in [0.4, 0.5) is 0 Å². The zero-order valence-electron chi connectivity index (χ0n) is 12.5. The summed E-state index contributed by atoms with van der Waals surface area (Å²) in [6.07, 6.45) is 0. The van der Waals surface area contributed by atoms with E-state index in [9.17, 15) is 9.90 Å². The van der Waals surface area contributed by atoms with Crippen LogP contribution in [0.25, 0.3) is 0 Å². The molecule has 1 aliphatic heterocycles. The lowest BCUT2D eigenvalue weighted by Crippen LogP contribution is -2.53. The van der Waals surface area contributed by atoms with E-state index in [4.69, 9.17) is 4.74 Å². The number of carbonyl (C=O) groups is 1. The number of aliphatic hydroxyl groups is 1. The highest BCUT2D eigenvalue weighted by atomic mass is 16.5. The van der Waals surface area contributed by atoms with Gasteiger partial charge in [0.25, 0.3) is 5.91 Å². The summed E-state index contributed by atoms with van der Waals surface area (Å²) in [6.45, 7) is 7.16. The fourth-order valence-corrected chi connectivity index (χ4v) is 2.08. The largest absolute Gasteiger partial charge is 0.497 e. The predicted molar refractivity (Wildman–Crippen MR) is 76.7 cm³/mol. The van der Waals surface area contributed by atoms with Crippen molar-refractivity contribution in [3.05, 3.63) is 29.8 Å². The third-order valence-corrected chi connectivity index (χ3v) is 4.28. The zero-order valence-corrected chi connectivity index (χ0v) is 12.5. The van der Waals surface area contributed by atoms with Gasteiger partial charge in [-0.05, 0) is 52.0 Å². The van der Waals surface area contributed by atoms with Gasteiger partial charge in [-0.3, -0.25) is 4.79 Å². The first kappa shape index (κ1) is 14.5. The van der Waals surface area contributed by atoms with Gasteiger partial charge in [-0.15, -0.1) is 0 Å². The van der Waals surface area contributed by atoms with Crippen LogP contribution in [-0.2, 0) is 0 Å². The van der Waals surface area contributed by atoms with Gasteiger partial charge in [0, 0.05) is 11.3 Å². The Morgan fingerprint density at radius 3 is 2.20 bits per heavy atom. The molecule has 0 aliphatic carbocycles. The molecule has 0 saturated heterocycles. The monoisotopic (exact) mass is 276 g/mol. The molecular formula is C15H20N2O3. The van der Waals surface area contributed by atoms with Gasteiger partial charge in [0.2, 0.25) is 0 Å². The van der Waals surface area contributed by atoms with Crippen LogP contribution in [-0.4, -0.2) is 34.6 Å². The third kappa shape index (κ3) is 1.98. The van der Waals surface area contributed by atoms with Crippen molar-refractivity contribution in [3.8, 4) is 5.75 Å². The summed E-state index contributed by atoms with van der Waals surface area (Å²) in [5.41, 5.74) is -0.756. The summed E-state index contributed by atoms with van der Waals surface area (Å²) in [6, 6.07) is 6.74. The average Bonchev–Trinajstić information content (AvgIpc) is 2.58. The highest BCUT2D eigenvalue weighted by Crippen LogP contribution is 2.41. The Labute approximate surface area is 118 Å². The van der Waals surface area contributed by atoms with Gasteiger partial charge in [-0.1, -0.05) is 0 Å². The third-order valence-electron chi connectivity index (χ3n) is 4.28. The van der Waals surface area contributed by atoms with Gasteiger partial charge in [0.1, 0.15) is 5.75 Å². The molecule has 0 aromatic heterocycles. The zero-order chi connectivity index (χ0) is 15.1. The van der Waals surface area contributed by atoms with Crippen LogP contribution >= 0.6 is 0 Å². The predicted octanol–water partition coefficient (Wildman–Crippen LogP) is 2.26. The second kappa shape index (κ2) is 4.59. The lowest BCUT2D eigenvalue weighted by Gasteiger charge is -2.37. The molecule has 0 unspecified atom stereocenters. The summed E-state index contributed by atoms with van der Waals surface area (Å²) in [7, 11) is 1.57. The van der Waals surface area contributed by atoms with Crippen molar-refractivity contribution in [1.82, 2.24) is 5.01 Å². The van der Waals surface area contributed by atoms with Crippen LogP contribution in [0.3, 0.4) is 0 Å². The van der Waals surface area contributed by atoms with Gasteiger partial charge in [-0.25, -0.2) is 0 Å². The summed E-state index contributed by atoms with van der Waals surface area (Å²) >= 11 is 0. The maximum absolute atomic E-state index is 12.5. The molecule has 5 heteroatoms. The van der Waals surface area contributed by atoms with Crippen molar-refractivity contribution in [2.45, 2.75) is 33.4 Å². The number of ether oxygens (including phenoxy) is 1. The van der Waals surface area contributed by atoms with E-state index in [1.165, 1.54) is 0 Å². The Hall–Kier alpha value is -1.88. The highest BCUT2D eigenvalue weighted by molar-refractivity contribution is 5.99. The van der Waals surface area contributed by atoms with Crippen molar-refractivity contribution in [3.63, 3.8) is 0 Å². The van der Waals surface area contributed by atoms with Crippen LogP contribution in [0.2, 0.25) is 0 Å². The molecule has 1 atom stereocenters. The van der Waals surface area contributed by atoms with Gasteiger partial charge < -0.3 is 9.84 Å². The Morgan fingerprint density at radius 1 is 1.25 bits per heavy atom. The van der Waals surface area contributed by atoms with Crippen molar-refractivity contribution in [1.29, 1.82) is 0 Å². The first-order chi connectivity index (χ1) is 9.21. The molecule has 2 rings (SSSR count). The van der Waals surface area contributed by atoms with Gasteiger partial charge in [0.05, 0.1) is 12.5 Å². The van der Waals surface area contributed by atoms with E-state index in [-0.39, 0.29) is 5.91 Å². The maximum Gasteiger partial charge on any atom is 0.276 e. The van der Waals surface area contributed by atoms with E-state index in [2.05, 4.69) is 5.10 Å². The van der Waals surface area contributed by atoms with Crippen LogP contribution in [0.5, 0.6) is 5.75 Å². The SMILES string of the molecule is COc1ccc(C(=O)N2N=C(C)C(C)(C)[C@@]2(C)O)cc1. The molecule has 0 spiro atoms. The van der Waals surface area contributed by atoms with E-state index in [1.54, 1.807) is 38.3 Å². The number of benzene rings is 1. The number of rotatable bonds is 2. The topological polar surface area (TPSA) is 62.1 Å². The van der Waals surface area contributed by atoms with Crippen molar-refractivity contribution in [2.75, 3.05) is 7.11 Å². The minimum Gasteiger partial charge on any atom is -0.497 e. The van der Waals surface area contributed by atoms with Crippen molar-refractivity contribution >= 4 is 11.6 Å². The summed E-state index contributed by atoms with van der Waals surface area (Å²) in [4.78, 5) is 12.5. The number of hydrogen-bond donors (Lipinski definition) is 1. The summed E-state index contributed by atoms with van der Waals surface area (Å²) in [5.74, 6) is 0.345. The smallest absolute Gasteiger partial charge is 0.276 e. The molecule has 1 amide bonds. The second-order valence-electron chi connectivity index (χ2n) is 5.68. The molecule has 1 heterocycles. The van der Waals surface area contributed by atoms with E-state index in [0.29, 0.717) is 11.3 Å². The van der Waals surface area contributed by atoms with Crippen LogP contribution in [0.15, 0.2) is 29.4 Å². The van der Waals surface area contributed by atoms with E-state index >= 15 is 0 Å². The van der Waals surface area contributed by atoms with Gasteiger partial charge in [-0.2, -0.15) is 10.1 Å². The number of amides is 1. The molecule has 108 valence electrons. The number of nitrogens with zero attached hydrogens (tertiary/aromatic N) is 2. The van der Waals surface area contributed by atoms with Gasteiger partial charge in [0.15, 0.2) is 5.72 Å². The van der Waals surface area contributed by atoms with E-state index in [0.717, 1.165) is 10.7 Å². The Morgan fingerprint density at radius 2 is 1.80 bits per heavy atom. The number of carbonyl (C=O) groups excluding carboxylic acids is 1. The maximum atomic E-state index is 12.5. The molecule has 1 aromatic rings. The highest BCUT2D eigenvalue weighted by Gasteiger charge is 2.53. The van der Waals surface area contributed by atoms with E-state index in [1.807, 2.05) is 20.8 Å². The number of hydrazone groups is 1. The standard InChI is InChI=1S/C15H20N2O3/c1-10-14(2,3)15(4,19)17(16-10)13(18)11-6-8-12(20-5)9-7-11/h6-9,19H,1-5H3/t15-/m1/s1. The fourth-order valence-electron chi connectivity index (χ4n) is 2.08. The fraction of sp³-hybridized carbons (Fsp3) is 0.467. The minimum atomic E-state index is -1.35. The van der Waals surface area contributed by atoms with Crippen LogP contribution < -0.4 is 4.74 Å². The molecule has 0 fully saturated rings. The number of methoxy groups -OCH3 is 1. The molecule has 5 nitrogen and oxygen atoms in total. The molecule has 0 radical (unpaired) electrons. The van der Waals surface area contributed by atoms with Crippen LogP contribution in [0, 0.1) is 5.41 Å². The number of hydrogen-bond acceptors (Lipinski definition) is 4. The lowest BCUT2D eigenvalue weighted by molar-refractivity contribution is -0.110. The van der Waals surface area contributed by atoms with Gasteiger partial charge >= 0.3 is 0 Å².